The summed E-state index contributed by atoms with van der Waals surface area (Å²) in [7, 11) is 1.62. The van der Waals surface area contributed by atoms with Crippen LogP contribution in [0.25, 0.3) is 0 Å². The second kappa shape index (κ2) is 11.7. The van der Waals surface area contributed by atoms with E-state index in [4.69, 9.17) is 49.0 Å². The number of rotatable bonds is 8. The molecule has 1 aliphatic heterocycles. The summed E-state index contributed by atoms with van der Waals surface area (Å²) in [5, 5.41) is 5.15. The number of hydrogen-bond acceptors (Lipinski definition) is 5. The van der Waals surface area contributed by atoms with Crippen molar-refractivity contribution < 1.29 is 14.2 Å². The van der Waals surface area contributed by atoms with Gasteiger partial charge in [0.15, 0.2) is 11.5 Å². The summed E-state index contributed by atoms with van der Waals surface area (Å²) in [6.07, 6.45) is 0. The number of halogens is 4. The van der Waals surface area contributed by atoms with Crippen molar-refractivity contribution in [2.45, 2.75) is 13.2 Å². The first kappa shape index (κ1) is 25.3. The topological polar surface area (TPSA) is 43.0 Å². The molecule has 1 aliphatic rings. The highest BCUT2D eigenvalue weighted by Crippen LogP contribution is 2.38. The van der Waals surface area contributed by atoms with E-state index in [9.17, 15) is 0 Å². The molecule has 3 aromatic rings. The number of ether oxygens (including phenoxy) is 3. The minimum absolute atomic E-state index is 0.316. The molecular weight excluding hydrogens is 563 g/mol. The van der Waals surface area contributed by atoms with Crippen molar-refractivity contribution in [3.63, 3.8) is 0 Å². The highest BCUT2D eigenvalue weighted by molar-refractivity contribution is 9.10. The van der Waals surface area contributed by atoms with Crippen molar-refractivity contribution in [3.8, 4) is 11.5 Å². The van der Waals surface area contributed by atoms with Crippen LogP contribution >= 0.6 is 50.7 Å². The van der Waals surface area contributed by atoms with Gasteiger partial charge in [0, 0.05) is 35.4 Å². The molecule has 0 aromatic heterocycles. The van der Waals surface area contributed by atoms with Crippen molar-refractivity contribution in [1.29, 1.82) is 0 Å². The number of nitrogens with one attached hydrogen (secondary N) is 1. The lowest BCUT2D eigenvalue weighted by molar-refractivity contribution is 0.122. The standard InChI is InChI=1S/C25H24BrCl3N2O3/c1-32-24-7-4-19(26)18(25(24)34-15-16-2-5-20(27)21(28)12-16)14-30-17-3-6-23(22(29)13-17)31-8-10-33-11-9-31/h2-7,12-13,30H,8-11,14-15H2,1H3. The van der Waals surface area contributed by atoms with Gasteiger partial charge in [0.25, 0.3) is 0 Å². The molecule has 1 N–H and O–H groups in total. The first-order chi connectivity index (χ1) is 16.5. The van der Waals surface area contributed by atoms with E-state index in [0.29, 0.717) is 52.9 Å². The van der Waals surface area contributed by atoms with Crippen LogP contribution in [0.2, 0.25) is 15.1 Å². The predicted octanol–water partition coefficient (Wildman–Crippen LogP) is 7.45. The molecule has 4 rings (SSSR count). The fourth-order valence-electron chi connectivity index (χ4n) is 3.72. The molecule has 3 aromatic carbocycles. The molecule has 0 atom stereocenters. The highest BCUT2D eigenvalue weighted by Gasteiger charge is 2.17. The predicted molar refractivity (Wildman–Crippen MR) is 143 cm³/mol. The molecule has 34 heavy (non-hydrogen) atoms. The van der Waals surface area contributed by atoms with Crippen molar-refractivity contribution in [2.75, 3.05) is 43.6 Å². The minimum Gasteiger partial charge on any atom is -0.493 e. The molecule has 1 heterocycles. The SMILES string of the molecule is COc1ccc(Br)c(CNc2ccc(N3CCOCC3)c(Cl)c2)c1OCc1ccc(Cl)c(Cl)c1. The van der Waals surface area contributed by atoms with Gasteiger partial charge in [0.05, 0.1) is 41.1 Å². The summed E-state index contributed by atoms with van der Waals surface area (Å²) in [4.78, 5) is 2.24. The zero-order valence-electron chi connectivity index (χ0n) is 18.5. The highest BCUT2D eigenvalue weighted by atomic mass is 79.9. The van der Waals surface area contributed by atoms with Crippen LogP contribution in [0.4, 0.5) is 11.4 Å². The zero-order chi connectivity index (χ0) is 24.1. The van der Waals surface area contributed by atoms with E-state index >= 15 is 0 Å². The van der Waals surface area contributed by atoms with Crippen LogP contribution in [0, 0.1) is 0 Å². The Bertz CT molecular complexity index is 1160. The molecule has 0 amide bonds. The summed E-state index contributed by atoms with van der Waals surface area (Å²) >= 11 is 22.4. The van der Waals surface area contributed by atoms with E-state index in [1.165, 1.54) is 0 Å². The molecule has 1 saturated heterocycles. The molecule has 0 saturated carbocycles. The molecule has 180 valence electrons. The molecule has 0 aliphatic carbocycles. The van der Waals surface area contributed by atoms with Gasteiger partial charge in [-0.15, -0.1) is 0 Å². The van der Waals surface area contributed by atoms with Crippen LogP contribution in [0.5, 0.6) is 11.5 Å². The van der Waals surface area contributed by atoms with Crippen LogP contribution in [-0.2, 0) is 17.9 Å². The third-order valence-corrected chi connectivity index (χ3v) is 7.31. The Hall–Kier alpha value is -1.83. The quantitative estimate of drug-likeness (QED) is 0.297. The van der Waals surface area contributed by atoms with E-state index in [0.717, 1.165) is 40.1 Å². The molecule has 0 radical (unpaired) electrons. The third kappa shape index (κ3) is 6.04. The third-order valence-electron chi connectivity index (χ3n) is 5.52. The van der Waals surface area contributed by atoms with Gasteiger partial charge in [-0.25, -0.2) is 0 Å². The fourth-order valence-corrected chi connectivity index (χ4v) is 4.79. The summed E-state index contributed by atoms with van der Waals surface area (Å²) < 4.78 is 18.1. The van der Waals surface area contributed by atoms with E-state index in [-0.39, 0.29) is 0 Å². The summed E-state index contributed by atoms with van der Waals surface area (Å²) in [5.41, 5.74) is 3.75. The summed E-state index contributed by atoms with van der Waals surface area (Å²) in [5.74, 6) is 1.28. The number of anilines is 2. The van der Waals surface area contributed by atoms with Gasteiger partial charge in [0.1, 0.15) is 6.61 Å². The lowest BCUT2D eigenvalue weighted by Crippen LogP contribution is -2.36. The monoisotopic (exact) mass is 584 g/mol. The second-order valence-electron chi connectivity index (χ2n) is 7.71. The van der Waals surface area contributed by atoms with Gasteiger partial charge in [-0.2, -0.15) is 0 Å². The molecule has 1 fully saturated rings. The van der Waals surface area contributed by atoms with Gasteiger partial charge in [-0.3, -0.25) is 0 Å². The maximum atomic E-state index is 6.60. The lowest BCUT2D eigenvalue weighted by Gasteiger charge is -2.29. The van der Waals surface area contributed by atoms with Crippen molar-refractivity contribution in [1.82, 2.24) is 0 Å². The van der Waals surface area contributed by atoms with Crippen LogP contribution in [0.3, 0.4) is 0 Å². The first-order valence-electron chi connectivity index (χ1n) is 10.7. The Balaban J connectivity index is 1.51. The fraction of sp³-hybridized carbons (Fsp3) is 0.280. The molecular formula is C25H24BrCl3N2O3. The maximum Gasteiger partial charge on any atom is 0.167 e. The molecule has 0 spiro atoms. The normalized spacial score (nSPS) is 13.6. The van der Waals surface area contributed by atoms with Gasteiger partial charge >= 0.3 is 0 Å². The summed E-state index contributed by atoms with van der Waals surface area (Å²) in [6, 6.07) is 15.3. The number of nitrogens with zero attached hydrogens (tertiary/aromatic N) is 1. The van der Waals surface area contributed by atoms with Crippen molar-refractivity contribution in [3.05, 3.63) is 79.2 Å². The number of methoxy groups -OCH3 is 1. The Morgan fingerprint density at radius 1 is 0.971 bits per heavy atom. The average Bonchev–Trinajstić information content (AvgIpc) is 2.84. The molecule has 5 nitrogen and oxygen atoms in total. The van der Waals surface area contributed by atoms with Gasteiger partial charge < -0.3 is 24.4 Å². The van der Waals surface area contributed by atoms with E-state index in [1.807, 2.05) is 36.4 Å². The smallest absolute Gasteiger partial charge is 0.167 e. The Morgan fingerprint density at radius 3 is 2.47 bits per heavy atom. The average molecular weight is 587 g/mol. The molecule has 0 unspecified atom stereocenters. The number of benzene rings is 3. The largest absolute Gasteiger partial charge is 0.493 e. The van der Waals surface area contributed by atoms with Crippen molar-refractivity contribution in [2.24, 2.45) is 0 Å². The van der Waals surface area contributed by atoms with Crippen molar-refractivity contribution >= 4 is 62.1 Å². The number of hydrogen-bond donors (Lipinski definition) is 1. The van der Waals surface area contributed by atoms with Gasteiger partial charge in [0.2, 0.25) is 0 Å². The Kier molecular flexibility index (Phi) is 8.72. The Morgan fingerprint density at radius 2 is 1.76 bits per heavy atom. The van der Waals surface area contributed by atoms with E-state index < -0.39 is 0 Å². The maximum absolute atomic E-state index is 6.60. The minimum atomic E-state index is 0.316. The van der Waals surface area contributed by atoms with E-state index in [2.05, 4.69) is 26.1 Å². The van der Waals surface area contributed by atoms with Gasteiger partial charge in [-0.1, -0.05) is 56.8 Å². The first-order valence-corrected chi connectivity index (χ1v) is 12.7. The molecule has 0 bridgehead atoms. The zero-order valence-corrected chi connectivity index (χ0v) is 22.4. The van der Waals surface area contributed by atoms with Crippen LogP contribution in [-0.4, -0.2) is 33.4 Å². The van der Waals surface area contributed by atoms with Gasteiger partial charge in [-0.05, 0) is 48.0 Å². The van der Waals surface area contributed by atoms with E-state index in [1.54, 1.807) is 19.2 Å². The Labute approximate surface area is 223 Å². The van der Waals surface area contributed by atoms with Crippen LogP contribution in [0.1, 0.15) is 11.1 Å². The number of morpholine rings is 1. The molecule has 9 heteroatoms. The summed E-state index contributed by atoms with van der Waals surface area (Å²) in [6.45, 7) is 3.92. The second-order valence-corrected chi connectivity index (χ2v) is 9.79. The lowest BCUT2D eigenvalue weighted by atomic mass is 10.1. The van der Waals surface area contributed by atoms with Crippen LogP contribution in [0.15, 0.2) is 53.0 Å². The van der Waals surface area contributed by atoms with Crippen LogP contribution < -0.4 is 19.7 Å².